The summed E-state index contributed by atoms with van der Waals surface area (Å²) in [5, 5.41) is 23.3. The number of likely N-dealkylation sites (tertiary alicyclic amines) is 1. The van der Waals surface area contributed by atoms with Crippen LogP contribution < -0.4 is 26.3 Å². The van der Waals surface area contributed by atoms with Gasteiger partial charge in [0, 0.05) is 80.0 Å². The highest BCUT2D eigenvalue weighted by molar-refractivity contribution is 5.87. The smallest absolute Gasteiger partial charge is 0.407 e. The number of alkyl carbamates (subject to hydrolysis) is 2. The van der Waals surface area contributed by atoms with Gasteiger partial charge in [0.15, 0.2) is 6.10 Å². The van der Waals surface area contributed by atoms with E-state index in [1.54, 1.807) is 29.2 Å². The van der Waals surface area contributed by atoms with E-state index in [-0.39, 0.29) is 17.3 Å². The van der Waals surface area contributed by atoms with Gasteiger partial charge in [-0.3, -0.25) is 24.6 Å². The number of aromatic nitrogens is 3. The maximum Gasteiger partial charge on any atom is 0.407 e. The predicted octanol–water partition coefficient (Wildman–Crippen LogP) is 6.17. The number of halogens is 8. The van der Waals surface area contributed by atoms with Crippen molar-refractivity contribution in [1.82, 2.24) is 46.0 Å². The number of carbonyl (C=O) groups excluding carboxylic acids is 4. The largest absolute Gasteiger partial charge is 0.453 e. The zero-order valence-corrected chi connectivity index (χ0v) is 44.6. The van der Waals surface area contributed by atoms with Crippen LogP contribution >= 0.6 is 0 Å². The summed E-state index contributed by atoms with van der Waals surface area (Å²) in [6.45, 7) is 3.61. The molecule has 0 radical (unpaired) electrons. The fraction of sp³-hybridized carbons (Fsp3) is 0.519. The van der Waals surface area contributed by atoms with Crippen molar-refractivity contribution in [2.24, 2.45) is 10.8 Å². The second-order valence-electron chi connectivity index (χ2n) is 21.6. The number of piperazine rings is 1. The number of aliphatic hydroxyl groups is 1. The van der Waals surface area contributed by atoms with E-state index in [1.807, 2.05) is 22.8 Å². The van der Waals surface area contributed by atoms with E-state index in [1.165, 1.54) is 18.2 Å². The average molecular weight is 1130 g/mol. The topological polar surface area (TPSA) is 205 Å². The molecule has 4 aromatic rings. The third-order valence-electron chi connectivity index (χ3n) is 15.2. The first-order valence-corrected chi connectivity index (χ1v) is 25.8. The molecule has 6 atom stereocenters. The summed E-state index contributed by atoms with van der Waals surface area (Å²) in [4.78, 5) is 62.5. The highest BCUT2D eigenvalue weighted by Crippen LogP contribution is 2.43. The Bertz CT molecular complexity index is 2930. The second-order valence-corrected chi connectivity index (χ2v) is 21.6. The van der Waals surface area contributed by atoms with E-state index in [2.05, 4.69) is 47.2 Å². The van der Waals surface area contributed by atoms with Crippen LogP contribution in [0.1, 0.15) is 75.3 Å². The molecule has 2 aromatic heterocycles. The molecule has 80 heavy (non-hydrogen) atoms. The van der Waals surface area contributed by atoms with Gasteiger partial charge in [-0.2, -0.15) is 31.4 Å². The van der Waals surface area contributed by atoms with E-state index in [0.29, 0.717) is 67.5 Å². The summed E-state index contributed by atoms with van der Waals surface area (Å²) in [5.74, 6) is 1.30. The summed E-state index contributed by atoms with van der Waals surface area (Å²) in [6, 6.07) is 10.6. The highest BCUT2D eigenvalue weighted by Gasteiger charge is 2.58. The standard InChI is InChI=1S/C54H62F8N10O8/c1-51(2,53(57,58)59)45(66-50(77)78-6)47(74)65-42(19-31-10-7-30(8-11-31)9-12-32-13-16-44(64-23-32)71-25-35-22-36(71)24-70(35)37-28-79-29-37)43(73)27-69(68-48(75)46(80-49(76)63-5)52(3,4)54(60,61)62)26-38-39(55)20-33(21-40(38)56)41-17-18-72(67-41)34-14-15-34/h7-8,10-11,13,16-18,20-21,23,34-37,42-43,45-46,73H,14-15,19,22,24-29H2,1-6H3,(H,63,76)(H,65,74)(H,66,77)(H,68,75)/t35-,36-,42-,43-,45+,46+/m0/s1. The summed E-state index contributed by atoms with van der Waals surface area (Å²) < 4.78 is 136. The highest BCUT2D eigenvalue weighted by atomic mass is 19.4. The van der Waals surface area contributed by atoms with Gasteiger partial charge < -0.3 is 40.2 Å². The quantitative estimate of drug-likeness (QED) is 0.0406. The van der Waals surface area contributed by atoms with Crippen molar-refractivity contribution in [3.8, 4) is 23.1 Å². The SMILES string of the molecule is CNC(=O)O[C@H](C(=O)NN(Cc1c(F)cc(-c2ccn(C3CC3)n2)cc1F)C[C@H](O)[C@H](Cc1ccc(C#Cc2ccc(N3C[C@@H]4C[C@H]3CN4C3COC3)nc2)cc1)NC(=O)[C@@H](NC(=O)OC)C(C)(C)C(F)(F)F)C(C)(C)C(F)(F)F. The van der Waals surface area contributed by atoms with Gasteiger partial charge in [0.1, 0.15) is 28.9 Å². The average Bonchev–Trinajstić information content (AvgIpc) is 3.92. The first-order valence-electron chi connectivity index (χ1n) is 25.8. The number of carbonyl (C=O) groups is 4. The lowest BCUT2D eigenvalue weighted by Crippen LogP contribution is -2.62. The van der Waals surface area contributed by atoms with Crippen LogP contribution in [0.25, 0.3) is 11.3 Å². The Hall–Kier alpha value is -7.08. The number of fused-ring (bicyclic) bond motifs is 2. The number of ether oxygens (including phenoxy) is 3. The Balaban J connectivity index is 1.07. The fourth-order valence-electron chi connectivity index (χ4n) is 9.74. The van der Waals surface area contributed by atoms with E-state index in [9.17, 15) is 50.6 Å². The molecule has 0 spiro atoms. The molecule has 2 bridgehead atoms. The molecule has 432 valence electrons. The van der Waals surface area contributed by atoms with Crippen molar-refractivity contribution in [1.29, 1.82) is 0 Å². The molecule has 4 amide bonds. The molecule has 3 saturated heterocycles. The minimum absolute atomic E-state index is 0.00353. The molecule has 1 aliphatic carbocycles. The molecule has 4 aliphatic rings. The van der Waals surface area contributed by atoms with Crippen LogP contribution in [0, 0.1) is 34.3 Å². The molecule has 5 heterocycles. The van der Waals surface area contributed by atoms with Gasteiger partial charge in [-0.15, -0.1) is 0 Å². The Morgan fingerprint density at radius 1 is 0.825 bits per heavy atom. The van der Waals surface area contributed by atoms with Crippen molar-refractivity contribution in [2.45, 2.75) is 121 Å². The van der Waals surface area contributed by atoms with Crippen molar-refractivity contribution in [3.05, 3.63) is 101 Å². The van der Waals surface area contributed by atoms with E-state index in [0.717, 1.165) is 77.7 Å². The van der Waals surface area contributed by atoms with E-state index in [4.69, 9.17) is 9.47 Å². The number of benzene rings is 2. The van der Waals surface area contributed by atoms with Crippen LogP contribution in [0.5, 0.6) is 0 Å². The maximum absolute atomic E-state index is 16.2. The van der Waals surface area contributed by atoms with Crippen molar-refractivity contribution in [3.63, 3.8) is 0 Å². The lowest BCUT2D eigenvalue weighted by molar-refractivity contribution is -0.239. The van der Waals surface area contributed by atoms with Crippen molar-refractivity contribution in [2.75, 3.05) is 51.9 Å². The summed E-state index contributed by atoms with van der Waals surface area (Å²) in [5.41, 5.74) is -3.20. The predicted molar refractivity (Wildman–Crippen MR) is 272 cm³/mol. The zero-order valence-electron chi connectivity index (χ0n) is 44.6. The molecule has 3 aliphatic heterocycles. The van der Waals surface area contributed by atoms with Gasteiger partial charge in [0.05, 0.1) is 55.7 Å². The minimum Gasteiger partial charge on any atom is -0.453 e. The molecular formula is C54H62F8N10O8. The number of hydrogen-bond acceptors (Lipinski definition) is 13. The molecule has 2 aromatic carbocycles. The Kier molecular flexibility index (Phi) is 17.4. The Labute approximate surface area is 455 Å². The number of pyridine rings is 1. The lowest BCUT2D eigenvalue weighted by Gasteiger charge is -2.42. The lowest BCUT2D eigenvalue weighted by atomic mass is 9.82. The van der Waals surface area contributed by atoms with Gasteiger partial charge in [0.2, 0.25) is 5.91 Å². The molecule has 0 unspecified atom stereocenters. The number of anilines is 1. The van der Waals surface area contributed by atoms with Crippen LogP contribution in [-0.4, -0.2) is 156 Å². The number of hydrogen-bond donors (Lipinski definition) is 5. The molecule has 4 fully saturated rings. The van der Waals surface area contributed by atoms with Crippen LogP contribution in [0.15, 0.2) is 67.0 Å². The maximum atomic E-state index is 16.2. The number of alkyl halides is 6. The van der Waals surface area contributed by atoms with Gasteiger partial charge >= 0.3 is 24.5 Å². The molecule has 5 N–H and O–H groups in total. The number of methoxy groups -OCH3 is 1. The number of amides is 4. The molecule has 18 nitrogen and oxygen atoms in total. The number of hydrazine groups is 1. The number of nitrogens with zero attached hydrogens (tertiary/aromatic N) is 6. The zero-order chi connectivity index (χ0) is 58.1. The van der Waals surface area contributed by atoms with E-state index < -0.39 is 108 Å². The van der Waals surface area contributed by atoms with Crippen LogP contribution in [0.4, 0.5) is 50.5 Å². The first-order chi connectivity index (χ1) is 37.7. The molecule has 1 saturated carbocycles. The van der Waals surface area contributed by atoms with Crippen LogP contribution in [0.2, 0.25) is 0 Å². The Morgan fingerprint density at radius 2 is 1.48 bits per heavy atom. The number of rotatable bonds is 19. The Morgan fingerprint density at radius 3 is 2.02 bits per heavy atom. The van der Waals surface area contributed by atoms with Gasteiger partial charge in [-0.25, -0.2) is 28.4 Å². The normalized spacial score (nSPS) is 19.3. The second kappa shape index (κ2) is 23.6. The fourth-order valence-corrected chi connectivity index (χ4v) is 9.74. The van der Waals surface area contributed by atoms with Gasteiger partial charge in [-0.05, 0) is 101 Å². The first kappa shape index (κ1) is 59.1. The van der Waals surface area contributed by atoms with E-state index >= 15 is 8.78 Å². The summed E-state index contributed by atoms with van der Waals surface area (Å²) in [6.07, 6.45) is -12.4. The number of aliphatic hydroxyl groups excluding tert-OH is 1. The molecule has 8 rings (SSSR count). The van der Waals surface area contributed by atoms with Gasteiger partial charge in [-0.1, -0.05) is 24.0 Å². The van der Waals surface area contributed by atoms with Crippen LogP contribution in [-0.2, 0) is 36.8 Å². The monoisotopic (exact) mass is 1130 g/mol. The summed E-state index contributed by atoms with van der Waals surface area (Å²) >= 11 is 0. The van der Waals surface area contributed by atoms with Crippen LogP contribution in [0.3, 0.4) is 0 Å². The van der Waals surface area contributed by atoms with Crippen molar-refractivity contribution < 1.29 is 73.6 Å². The third kappa shape index (κ3) is 13.2. The third-order valence-corrected chi connectivity index (χ3v) is 15.2. The van der Waals surface area contributed by atoms with Crippen molar-refractivity contribution >= 4 is 29.8 Å². The molecular weight excluding hydrogens is 1070 g/mol. The van der Waals surface area contributed by atoms with Gasteiger partial charge in [0.25, 0.3) is 5.91 Å². The molecule has 26 heteroatoms. The minimum atomic E-state index is -5.21. The summed E-state index contributed by atoms with van der Waals surface area (Å²) in [7, 11) is 1.86. The number of nitrogens with one attached hydrogen (secondary N) is 4.